The van der Waals surface area contributed by atoms with Gasteiger partial charge >= 0.3 is 0 Å². The molecule has 2 heteroatoms. The summed E-state index contributed by atoms with van der Waals surface area (Å²) < 4.78 is 1.14. The zero-order valence-electron chi connectivity index (χ0n) is 8.26. The average molecular weight is 289 g/mol. The van der Waals surface area contributed by atoms with Crippen molar-refractivity contribution in [1.29, 1.82) is 0 Å². The van der Waals surface area contributed by atoms with Crippen LogP contribution in [0.2, 0.25) is 0 Å². The standard InChI is InChI=1S/C11H16N.HI/c1-12(2)8-7-10-5-3-4-6-11(10)9-12;/h3-6H,7-9H2,1-2H3;1H/q+1;/p-1. The van der Waals surface area contributed by atoms with Crippen molar-refractivity contribution < 1.29 is 28.5 Å². The number of halogens is 1. The molecule has 1 aromatic rings. The normalized spacial score (nSPS) is 18.6. The van der Waals surface area contributed by atoms with Gasteiger partial charge in [-0.3, -0.25) is 0 Å². The van der Waals surface area contributed by atoms with Crippen molar-refractivity contribution in [2.24, 2.45) is 0 Å². The van der Waals surface area contributed by atoms with Gasteiger partial charge in [0.1, 0.15) is 6.54 Å². The second kappa shape index (κ2) is 3.96. The Bertz CT molecular complexity index is 294. The number of nitrogens with zero attached hydrogens (tertiary/aromatic N) is 1. The van der Waals surface area contributed by atoms with E-state index in [1.165, 1.54) is 25.1 Å². The van der Waals surface area contributed by atoms with E-state index in [9.17, 15) is 0 Å². The van der Waals surface area contributed by atoms with Crippen LogP contribution in [0.1, 0.15) is 11.1 Å². The molecule has 1 heterocycles. The van der Waals surface area contributed by atoms with Gasteiger partial charge in [-0.1, -0.05) is 24.3 Å². The van der Waals surface area contributed by atoms with E-state index in [1.807, 2.05) is 0 Å². The fourth-order valence-electron chi connectivity index (χ4n) is 1.92. The maximum atomic E-state index is 2.30. The topological polar surface area (TPSA) is 0 Å². The van der Waals surface area contributed by atoms with Crippen LogP contribution in [0.25, 0.3) is 0 Å². The summed E-state index contributed by atoms with van der Waals surface area (Å²) in [6.45, 7) is 2.47. The summed E-state index contributed by atoms with van der Waals surface area (Å²) in [6, 6.07) is 8.80. The van der Waals surface area contributed by atoms with E-state index in [0.29, 0.717) is 0 Å². The number of fused-ring (bicyclic) bond motifs is 1. The number of likely N-dealkylation sites (N-methyl/N-ethyl adjacent to an activating group) is 1. The van der Waals surface area contributed by atoms with Gasteiger partial charge in [0.2, 0.25) is 0 Å². The minimum absolute atomic E-state index is 0. The first-order valence-electron chi connectivity index (χ1n) is 4.56. The van der Waals surface area contributed by atoms with Crippen molar-refractivity contribution in [3.8, 4) is 0 Å². The third-order valence-corrected chi connectivity index (χ3v) is 2.70. The van der Waals surface area contributed by atoms with Gasteiger partial charge in [-0.15, -0.1) is 0 Å². The molecule has 0 fully saturated rings. The third kappa shape index (κ3) is 2.44. The Balaban J connectivity index is 0.000000845. The van der Waals surface area contributed by atoms with E-state index < -0.39 is 0 Å². The molecule has 2 rings (SSSR count). The van der Waals surface area contributed by atoms with E-state index >= 15 is 0 Å². The number of rotatable bonds is 0. The number of benzene rings is 1. The van der Waals surface area contributed by atoms with Gasteiger partial charge in [0.15, 0.2) is 0 Å². The third-order valence-electron chi connectivity index (χ3n) is 2.70. The van der Waals surface area contributed by atoms with Crippen LogP contribution >= 0.6 is 0 Å². The van der Waals surface area contributed by atoms with Crippen molar-refractivity contribution in [3.05, 3.63) is 35.4 Å². The summed E-state index contributed by atoms with van der Waals surface area (Å²) in [4.78, 5) is 0. The molecule has 0 N–H and O–H groups in total. The molecular formula is C11H16IN. The molecule has 0 atom stereocenters. The summed E-state index contributed by atoms with van der Waals surface area (Å²) in [5.74, 6) is 0. The monoisotopic (exact) mass is 289 g/mol. The second-order valence-electron chi connectivity index (χ2n) is 4.34. The lowest BCUT2D eigenvalue weighted by molar-refractivity contribution is -0.905. The van der Waals surface area contributed by atoms with E-state index in [4.69, 9.17) is 0 Å². The quantitative estimate of drug-likeness (QED) is 0.417. The molecule has 1 nitrogen and oxygen atoms in total. The first-order chi connectivity index (χ1) is 5.67. The Labute approximate surface area is 97.4 Å². The van der Waals surface area contributed by atoms with Gasteiger partial charge in [-0.05, 0) is 5.56 Å². The fourth-order valence-corrected chi connectivity index (χ4v) is 1.92. The summed E-state index contributed by atoms with van der Waals surface area (Å²) >= 11 is 0. The molecule has 1 aliphatic rings. The van der Waals surface area contributed by atoms with E-state index in [-0.39, 0.29) is 24.0 Å². The van der Waals surface area contributed by atoms with Crippen LogP contribution in [0.15, 0.2) is 24.3 Å². The highest BCUT2D eigenvalue weighted by molar-refractivity contribution is 5.27. The molecule has 0 unspecified atom stereocenters. The molecule has 0 radical (unpaired) electrons. The van der Waals surface area contributed by atoms with Crippen LogP contribution in [0.5, 0.6) is 0 Å². The van der Waals surface area contributed by atoms with Gasteiger partial charge < -0.3 is 28.5 Å². The summed E-state index contributed by atoms with van der Waals surface area (Å²) in [7, 11) is 4.60. The molecule has 13 heavy (non-hydrogen) atoms. The van der Waals surface area contributed by atoms with Crippen LogP contribution in [-0.4, -0.2) is 25.1 Å². The molecule has 72 valence electrons. The van der Waals surface area contributed by atoms with Gasteiger partial charge in [-0.2, -0.15) is 0 Å². The Morgan fingerprint density at radius 2 is 1.69 bits per heavy atom. The zero-order chi connectivity index (χ0) is 8.60. The highest BCUT2D eigenvalue weighted by Crippen LogP contribution is 2.20. The molecule has 0 saturated carbocycles. The van der Waals surface area contributed by atoms with Crippen molar-refractivity contribution >= 4 is 0 Å². The molecule has 1 aliphatic heterocycles. The maximum absolute atomic E-state index is 2.30. The largest absolute Gasteiger partial charge is 1.00 e. The van der Waals surface area contributed by atoms with Crippen LogP contribution in [0.3, 0.4) is 0 Å². The zero-order valence-corrected chi connectivity index (χ0v) is 10.4. The lowest BCUT2D eigenvalue weighted by atomic mass is 9.99. The first kappa shape index (κ1) is 11.0. The molecule has 0 aliphatic carbocycles. The predicted molar refractivity (Wildman–Crippen MR) is 50.8 cm³/mol. The Morgan fingerprint density at radius 3 is 2.38 bits per heavy atom. The van der Waals surface area contributed by atoms with Gasteiger partial charge in [0, 0.05) is 12.0 Å². The van der Waals surface area contributed by atoms with Crippen molar-refractivity contribution in [1.82, 2.24) is 0 Å². The fraction of sp³-hybridized carbons (Fsp3) is 0.455. The Kier molecular flexibility index (Phi) is 3.35. The van der Waals surface area contributed by atoms with Crippen LogP contribution in [0, 0.1) is 0 Å². The van der Waals surface area contributed by atoms with Gasteiger partial charge in [-0.25, -0.2) is 0 Å². The van der Waals surface area contributed by atoms with E-state index in [2.05, 4.69) is 38.4 Å². The van der Waals surface area contributed by atoms with Crippen LogP contribution in [0.4, 0.5) is 0 Å². The Morgan fingerprint density at radius 1 is 1.08 bits per heavy atom. The minimum atomic E-state index is 0. The summed E-state index contributed by atoms with van der Waals surface area (Å²) in [5, 5.41) is 0. The van der Waals surface area contributed by atoms with Gasteiger partial charge in [0.05, 0.1) is 20.6 Å². The number of hydrogen-bond acceptors (Lipinski definition) is 0. The molecule has 1 aromatic carbocycles. The van der Waals surface area contributed by atoms with Gasteiger partial charge in [0.25, 0.3) is 0 Å². The number of quaternary nitrogens is 1. The molecule has 0 saturated heterocycles. The van der Waals surface area contributed by atoms with Crippen LogP contribution < -0.4 is 24.0 Å². The number of hydrogen-bond donors (Lipinski definition) is 0. The minimum Gasteiger partial charge on any atom is -1.00 e. The maximum Gasteiger partial charge on any atom is 0.104 e. The highest BCUT2D eigenvalue weighted by Gasteiger charge is 2.22. The average Bonchev–Trinajstić information content (AvgIpc) is 2.02. The lowest BCUT2D eigenvalue weighted by Crippen LogP contribution is -3.00. The summed E-state index contributed by atoms with van der Waals surface area (Å²) in [6.07, 6.45) is 1.24. The molecular weight excluding hydrogens is 273 g/mol. The SMILES string of the molecule is C[N+]1(C)CCc2ccccc2C1.[I-]. The molecule has 0 amide bonds. The second-order valence-corrected chi connectivity index (χ2v) is 4.34. The Hall–Kier alpha value is -0.0900. The van der Waals surface area contributed by atoms with Crippen LogP contribution in [-0.2, 0) is 13.0 Å². The molecule has 0 aromatic heterocycles. The first-order valence-corrected chi connectivity index (χ1v) is 4.56. The van der Waals surface area contributed by atoms with E-state index in [1.54, 1.807) is 5.56 Å². The van der Waals surface area contributed by atoms with E-state index in [0.717, 1.165) is 4.48 Å². The van der Waals surface area contributed by atoms with Crippen molar-refractivity contribution in [2.45, 2.75) is 13.0 Å². The smallest absolute Gasteiger partial charge is 0.104 e. The molecule has 0 spiro atoms. The van der Waals surface area contributed by atoms with Crippen molar-refractivity contribution in [3.63, 3.8) is 0 Å². The lowest BCUT2D eigenvalue weighted by Gasteiger charge is -2.34. The highest BCUT2D eigenvalue weighted by atomic mass is 127. The molecule has 0 bridgehead atoms. The predicted octanol–water partition coefficient (Wildman–Crippen LogP) is -1.18. The van der Waals surface area contributed by atoms with Crippen molar-refractivity contribution in [2.75, 3.05) is 20.6 Å². The summed E-state index contributed by atoms with van der Waals surface area (Å²) in [5.41, 5.74) is 3.09.